The van der Waals surface area contributed by atoms with Crippen LogP contribution in [0.25, 0.3) is 0 Å². The van der Waals surface area contributed by atoms with Gasteiger partial charge in [-0.1, -0.05) is 18.2 Å². The quantitative estimate of drug-likeness (QED) is 0.410. The highest BCUT2D eigenvalue weighted by atomic mass is 127. The fraction of sp³-hybridized carbons (Fsp3) is 0.125. The fourth-order valence-electron chi connectivity index (χ4n) is 2.84. The number of anilines is 2. The van der Waals surface area contributed by atoms with Crippen LogP contribution in [0, 0.1) is 9.39 Å². The van der Waals surface area contributed by atoms with Crippen LogP contribution >= 0.6 is 22.6 Å². The first-order valence-electron chi connectivity index (χ1n) is 9.91. The fourth-order valence-corrected chi connectivity index (χ4v) is 3.20. The first-order valence-corrected chi connectivity index (χ1v) is 11.0. The molecule has 0 atom stereocenters. The number of carbonyl (C=O) groups excluding carboxylic acids is 3. The molecule has 3 rings (SSSR count). The summed E-state index contributed by atoms with van der Waals surface area (Å²) in [6.07, 6.45) is 0. The number of nitrogens with one attached hydrogen (secondary N) is 2. The van der Waals surface area contributed by atoms with Gasteiger partial charge < -0.3 is 20.3 Å². The monoisotopic (exact) mass is 561 g/mol. The van der Waals surface area contributed by atoms with Crippen molar-refractivity contribution in [2.75, 3.05) is 30.4 Å². The molecular formula is C24H21FIN3O4. The van der Waals surface area contributed by atoms with Gasteiger partial charge in [0.05, 0.1) is 12.1 Å². The van der Waals surface area contributed by atoms with Crippen molar-refractivity contribution in [2.45, 2.75) is 0 Å². The van der Waals surface area contributed by atoms with Crippen LogP contribution in [-0.4, -0.2) is 37.9 Å². The molecule has 0 fully saturated rings. The largest absolute Gasteiger partial charge is 0.483 e. The van der Waals surface area contributed by atoms with E-state index in [2.05, 4.69) is 33.2 Å². The molecule has 33 heavy (non-hydrogen) atoms. The number of rotatable bonds is 8. The first kappa shape index (κ1) is 24.2. The van der Waals surface area contributed by atoms with E-state index < -0.39 is 17.6 Å². The van der Waals surface area contributed by atoms with E-state index in [1.54, 1.807) is 43.4 Å². The Labute approximate surface area is 204 Å². The third kappa shape index (κ3) is 7.01. The van der Waals surface area contributed by atoms with Gasteiger partial charge in [0.15, 0.2) is 6.61 Å². The lowest BCUT2D eigenvalue weighted by Gasteiger charge is -2.18. The number of ether oxygens (including phenoxy) is 1. The third-order valence-electron chi connectivity index (χ3n) is 4.59. The lowest BCUT2D eigenvalue weighted by Crippen LogP contribution is -2.38. The predicted octanol–water partition coefficient (Wildman–Crippen LogP) is 3.84. The summed E-state index contributed by atoms with van der Waals surface area (Å²) < 4.78 is 20.3. The van der Waals surface area contributed by atoms with Crippen LogP contribution < -0.4 is 20.3 Å². The van der Waals surface area contributed by atoms with Gasteiger partial charge in [-0.2, -0.15) is 0 Å². The van der Waals surface area contributed by atoms with Gasteiger partial charge in [-0.15, -0.1) is 0 Å². The number of halogens is 2. The second-order valence-electron chi connectivity index (χ2n) is 6.96. The molecule has 3 aromatic carbocycles. The number of carbonyl (C=O) groups is 3. The summed E-state index contributed by atoms with van der Waals surface area (Å²) in [5.41, 5.74) is 1.15. The van der Waals surface area contributed by atoms with Crippen LogP contribution in [0.4, 0.5) is 15.8 Å². The average Bonchev–Trinajstić information content (AvgIpc) is 2.83. The maximum absolute atomic E-state index is 13.8. The molecule has 0 unspecified atom stereocenters. The van der Waals surface area contributed by atoms with Crippen LogP contribution in [0.3, 0.4) is 0 Å². The maximum atomic E-state index is 13.8. The Morgan fingerprint density at radius 2 is 1.70 bits per heavy atom. The van der Waals surface area contributed by atoms with Crippen LogP contribution in [-0.2, 0) is 9.59 Å². The highest BCUT2D eigenvalue weighted by Crippen LogP contribution is 2.20. The lowest BCUT2D eigenvalue weighted by molar-refractivity contribution is -0.118. The second kappa shape index (κ2) is 11.4. The summed E-state index contributed by atoms with van der Waals surface area (Å²) in [5.74, 6) is -2.12. The summed E-state index contributed by atoms with van der Waals surface area (Å²) in [5, 5.41) is 5.15. The number of nitrogens with zero attached hydrogens (tertiary/aromatic N) is 1. The molecule has 0 radical (unpaired) electrons. The molecule has 3 amide bonds. The molecule has 7 nitrogen and oxygen atoms in total. The Hall–Kier alpha value is -3.47. The number of benzene rings is 3. The second-order valence-corrected chi connectivity index (χ2v) is 8.20. The van der Waals surface area contributed by atoms with Gasteiger partial charge in [-0.3, -0.25) is 14.4 Å². The Balaban J connectivity index is 1.60. The highest BCUT2D eigenvalue weighted by Gasteiger charge is 2.18. The summed E-state index contributed by atoms with van der Waals surface area (Å²) in [4.78, 5) is 38.6. The molecule has 0 saturated heterocycles. The molecular weight excluding hydrogens is 540 g/mol. The normalized spacial score (nSPS) is 10.3. The van der Waals surface area contributed by atoms with Gasteiger partial charge in [0.25, 0.3) is 11.8 Å². The van der Waals surface area contributed by atoms with Crippen molar-refractivity contribution in [3.05, 3.63) is 87.7 Å². The van der Waals surface area contributed by atoms with E-state index in [-0.39, 0.29) is 30.4 Å². The minimum atomic E-state index is -0.697. The molecule has 9 heteroatoms. The zero-order chi connectivity index (χ0) is 23.8. The van der Waals surface area contributed by atoms with Crippen LogP contribution in [0.1, 0.15) is 10.4 Å². The van der Waals surface area contributed by atoms with Crippen molar-refractivity contribution in [1.82, 2.24) is 5.32 Å². The molecule has 0 spiro atoms. The first-order chi connectivity index (χ1) is 15.8. The van der Waals surface area contributed by atoms with Gasteiger partial charge in [0, 0.05) is 22.0 Å². The van der Waals surface area contributed by atoms with Crippen molar-refractivity contribution < 1.29 is 23.5 Å². The van der Waals surface area contributed by atoms with E-state index >= 15 is 0 Å². The van der Waals surface area contributed by atoms with E-state index in [0.717, 1.165) is 15.7 Å². The molecule has 0 aliphatic carbocycles. The van der Waals surface area contributed by atoms with Crippen LogP contribution in [0.2, 0.25) is 0 Å². The van der Waals surface area contributed by atoms with Crippen molar-refractivity contribution in [1.29, 1.82) is 0 Å². The van der Waals surface area contributed by atoms with E-state index in [9.17, 15) is 18.8 Å². The third-order valence-corrected chi connectivity index (χ3v) is 5.31. The zero-order valence-corrected chi connectivity index (χ0v) is 19.8. The summed E-state index contributed by atoms with van der Waals surface area (Å²) in [6, 6.07) is 19.5. The van der Waals surface area contributed by atoms with Crippen LogP contribution in [0.15, 0.2) is 72.8 Å². The van der Waals surface area contributed by atoms with Crippen LogP contribution in [0.5, 0.6) is 5.75 Å². The number of para-hydroxylation sites is 1. The van der Waals surface area contributed by atoms with Crippen molar-refractivity contribution in [2.24, 2.45) is 0 Å². The number of hydrogen-bond donors (Lipinski definition) is 2. The van der Waals surface area contributed by atoms with Gasteiger partial charge in [0.1, 0.15) is 11.6 Å². The van der Waals surface area contributed by atoms with E-state index in [1.807, 2.05) is 18.2 Å². The Morgan fingerprint density at radius 1 is 1.00 bits per heavy atom. The van der Waals surface area contributed by atoms with E-state index in [0.29, 0.717) is 11.4 Å². The van der Waals surface area contributed by atoms with Gasteiger partial charge >= 0.3 is 0 Å². The Bertz CT molecular complexity index is 1140. The topological polar surface area (TPSA) is 87.7 Å². The van der Waals surface area contributed by atoms with E-state index in [1.165, 1.54) is 11.0 Å². The predicted molar refractivity (Wildman–Crippen MR) is 132 cm³/mol. The van der Waals surface area contributed by atoms with Crippen molar-refractivity contribution >= 4 is 51.7 Å². The Morgan fingerprint density at radius 3 is 2.39 bits per heavy atom. The smallest absolute Gasteiger partial charge is 0.262 e. The highest BCUT2D eigenvalue weighted by molar-refractivity contribution is 14.1. The van der Waals surface area contributed by atoms with Gasteiger partial charge in [0.2, 0.25) is 5.91 Å². The zero-order valence-electron chi connectivity index (χ0n) is 17.7. The maximum Gasteiger partial charge on any atom is 0.262 e. The molecule has 0 aliphatic heterocycles. The SMILES string of the molecule is CN(C(=O)CNC(=O)c1cc(F)ccc1OCC(=O)Nc1ccc(I)cc1)c1ccccc1. The van der Waals surface area contributed by atoms with E-state index in [4.69, 9.17) is 4.74 Å². The molecule has 2 N–H and O–H groups in total. The number of likely N-dealkylation sites (N-methyl/N-ethyl adjacent to an activating group) is 1. The molecule has 170 valence electrons. The molecule has 3 aromatic rings. The van der Waals surface area contributed by atoms with Gasteiger partial charge in [-0.25, -0.2) is 4.39 Å². The Kier molecular flexibility index (Phi) is 8.36. The van der Waals surface area contributed by atoms with Gasteiger partial charge in [-0.05, 0) is 77.2 Å². The summed E-state index contributed by atoms with van der Waals surface area (Å²) in [7, 11) is 1.59. The summed E-state index contributed by atoms with van der Waals surface area (Å²) in [6.45, 7) is -0.680. The summed E-state index contributed by atoms with van der Waals surface area (Å²) >= 11 is 2.15. The average molecular weight is 561 g/mol. The molecule has 0 bridgehead atoms. The number of amides is 3. The number of hydrogen-bond acceptors (Lipinski definition) is 4. The minimum Gasteiger partial charge on any atom is -0.483 e. The molecule has 0 aliphatic rings. The van der Waals surface area contributed by atoms with Crippen molar-refractivity contribution in [3.8, 4) is 5.75 Å². The van der Waals surface area contributed by atoms with Crippen molar-refractivity contribution in [3.63, 3.8) is 0 Å². The lowest BCUT2D eigenvalue weighted by atomic mass is 10.2. The molecule has 0 heterocycles. The molecule has 0 aromatic heterocycles. The standard InChI is InChI=1S/C24H21FIN3O4/c1-29(19-5-3-2-4-6-19)23(31)14-27-24(32)20-13-16(25)7-12-21(20)33-15-22(30)28-18-10-8-17(26)9-11-18/h2-13H,14-15H2,1H3,(H,27,32)(H,28,30). The minimum absolute atomic E-state index is 0.0236. The molecule has 0 saturated carbocycles.